The van der Waals surface area contributed by atoms with Gasteiger partial charge in [-0.2, -0.15) is 0 Å². The molecule has 2 aromatic carbocycles. The van der Waals surface area contributed by atoms with Crippen LogP contribution in [0.2, 0.25) is 0 Å². The van der Waals surface area contributed by atoms with E-state index in [4.69, 9.17) is 0 Å². The molecule has 0 radical (unpaired) electrons. The maximum absolute atomic E-state index is 12.3. The summed E-state index contributed by atoms with van der Waals surface area (Å²) in [5.74, 6) is 0.106. The Morgan fingerprint density at radius 3 is 2.32 bits per heavy atom. The Labute approximate surface area is 148 Å². The number of anilines is 2. The SMILES string of the molecule is Cc1cc(NC(=O)C2CCCCC2)ccc1NC(=O)c1ccccc1. The minimum atomic E-state index is -0.136. The molecule has 0 atom stereocenters. The summed E-state index contributed by atoms with van der Waals surface area (Å²) < 4.78 is 0. The first-order chi connectivity index (χ1) is 12.1. The van der Waals surface area contributed by atoms with Crippen LogP contribution in [0.3, 0.4) is 0 Å². The molecule has 3 rings (SSSR count). The van der Waals surface area contributed by atoms with E-state index in [9.17, 15) is 9.59 Å². The molecule has 1 fully saturated rings. The number of hydrogen-bond donors (Lipinski definition) is 2. The van der Waals surface area contributed by atoms with Crippen LogP contribution in [0, 0.1) is 12.8 Å². The molecule has 2 amide bonds. The van der Waals surface area contributed by atoms with Crippen molar-refractivity contribution < 1.29 is 9.59 Å². The molecule has 2 N–H and O–H groups in total. The Kier molecular flexibility index (Phi) is 5.49. The average Bonchev–Trinajstić information content (AvgIpc) is 2.65. The molecule has 1 aliphatic rings. The lowest BCUT2D eigenvalue weighted by Crippen LogP contribution is -2.24. The summed E-state index contributed by atoms with van der Waals surface area (Å²) in [6.45, 7) is 1.93. The fraction of sp³-hybridized carbons (Fsp3) is 0.333. The van der Waals surface area contributed by atoms with E-state index < -0.39 is 0 Å². The van der Waals surface area contributed by atoms with Gasteiger partial charge in [-0.15, -0.1) is 0 Å². The minimum Gasteiger partial charge on any atom is -0.326 e. The predicted octanol–water partition coefficient (Wildman–Crippen LogP) is 4.77. The van der Waals surface area contributed by atoms with E-state index in [1.54, 1.807) is 12.1 Å². The van der Waals surface area contributed by atoms with Gasteiger partial charge in [-0.05, 0) is 55.7 Å². The van der Waals surface area contributed by atoms with Crippen molar-refractivity contribution in [2.45, 2.75) is 39.0 Å². The fourth-order valence-electron chi connectivity index (χ4n) is 3.27. The number of hydrogen-bond acceptors (Lipinski definition) is 2. The molecule has 0 aliphatic heterocycles. The van der Waals surface area contributed by atoms with Crippen LogP contribution >= 0.6 is 0 Å². The first kappa shape index (κ1) is 17.2. The van der Waals surface area contributed by atoms with Gasteiger partial charge in [-0.25, -0.2) is 0 Å². The largest absolute Gasteiger partial charge is 0.326 e. The van der Waals surface area contributed by atoms with Crippen LogP contribution in [-0.2, 0) is 4.79 Å². The third kappa shape index (κ3) is 4.47. The number of benzene rings is 2. The molecule has 0 spiro atoms. The molecular formula is C21H24N2O2. The van der Waals surface area contributed by atoms with Gasteiger partial charge in [0.05, 0.1) is 0 Å². The third-order valence-electron chi connectivity index (χ3n) is 4.75. The summed E-state index contributed by atoms with van der Waals surface area (Å²) in [4.78, 5) is 24.6. The van der Waals surface area contributed by atoms with Crippen molar-refractivity contribution >= 4 is 23.2 Å². The highest BCUT2D eigenvalue weighted by Gasteiger charge is 2.21. The first-order valence-corrected chi connectivity index (χ1v) is 8.91. The average molecular weight is 336 g/mol. The summed E-state index contributed by atoms with van der Waals surface area (Å²) in [7, 11) is 0. The van der Waals surface area contributed by atoms with Gasteiger partial charge in [-0.1, -0.05) is 37.5 Å². The Morgan fingerprint density at radius 1 is 0.920 bits per heavy atom. The van der Waals surface area contributed by atoms with Crippen molar-refractivity contribution in [3.63, 3.8) is 0 Å². The third-order valence-corrected chi connectivity index (χ3v) is 4.75. The van der Waals surface area contributed by atoms with Crippen molar-refractivity contribution in [3.05, 3.63) is 59.7 Å². The fourth-order valence-corrected chi connectivity index (χ4v) is 3.27. The highest BCUT2D eigenvalue weighted by Crippen LogP contribution is 2.26. The number of rotatable bonds is 4. The van der Waals surface area contributed by atoms with Gasteiger partial charge in [0.2, 0.25) is 5.91 Å². The Hall–Kier alpha value is -2.62. The van der Waals surface area contributed by atoms with Crippen LogP contribution in [-0.4, -0.2) is 11.8 Å². The van der Waals surface area contributed by atoms with E-state index in [-0.39, 0.29) is 17.7 Å². The minimum absolute atomic E-state index is 0.111. The van der Waals surface area contributed by atoms with Gasteiger partial charge in [-0.3, -0.25) is 9.59 Å². The summed E-state index contributed by atoms with van der Waals surface area (Å²) >= 11 is 0. The lowest BCUT2D eigenvalue weighted by molar-refractivity contribution is -0.120. The van der Waals surface area contributed by atoms with Crippen LogP contribution < -0.4 is 10.6 Å². The van der Waals surface area contributed by atoms with E-state index in [1.807, 2.05) is 43.3 Å². The number of amides is 2. The summed E-state index contributed by atoms with van der Waals surface area (Å²) in [5, 5.41) is 5.93. The van der Waals surface area contributed by atoms with Gasteiger partial charge >= 0.3 is 0 Å². The molecule has 1 saturated carbocycles. The Bertz CT molecular complexity index is 750. The van der Waals surface area contributed by atoms with Gasteiger partial charge in [0.25, 0.3) is 5.91 Å². The monoisotopic (exact) mass is 336 g/mol. The highest BCUT2D eigenvalue weighted by atomic mass is 16.2. The Morgan fingerprint density at radius 2 is 1.64 bits per heavy atom. The van der Waals surface area contributed by atoms with Crippen LogP contribution in [0.5, 0.6) is 0 Å². The second kappa shape index (κ2) is 7.97. The molecular weight excluding hydrogens is 312 g/mol. The standard InChI is InChI=1S/C21H24N2O2/c1-15-14-18(22-20(24)16-8-4-2-5-9-16)12-13-19(15)23-21(25)17-10-6-3-7-11-17/h3,6-7,10-14,16H,2,4-5,8-9H2,1H3,(H,22,24)(H,23,25). The van der Waals surface area contributed by atoms with Gasteiger partial charge in [0, 0.05) is 22.9 Å². The number of aryl methyl sites for hydroxylation is 1. The molecule has 0 unspecified atom stereocenters. The number of carbonyl (C=O) groups is 2. The summed E-state index contributed by atoms with van der Waals surface area (Å²) in [6.07, 6.45) is 5.48. The van der Waals surface area contributed by atoms with Crippen LogP contribution in [0.4, 0.5) is 11.4 Å². The molecule has 0 bridgehead atoms. The van der Waals surface area contributed by atoms with Crippen molar-refractivity contribution in [1.82, 2.24) is 0 Å². The topological polar surface area (TPSA) is 58.2 Å². The van der Waals surface area contributed by atoms with Crippen LogP contribution in [0.15, 0.2) is 48.5 Å². The maximum atomic E-state index is 12.3. The normalized spacial score (nSPS) is 14.8. The Balaban J connectivity index is 1.64. The van der Waals surface area contributed by atoms with Crippen molar-refractivity contribution in [1.29, 1.82) is 0 Å². The predicted molar refractivity (Wildman–Crippen MR) is 101 cm³/mol. The van der Waals surface area contributed by atoms with Crippen molar-refractivity contribution in [2.24, 2.45) is 5.92 Å². The van der Waals surface area contributed by atoms with Crippen molar-refractivity contribution in [3.8, 4) is 0 Å². The van der Waals surface area contributed by atoms with E-state index >= 15 is 0 Å². The summed E-state index contributed by atoms with van der Waals surface area (Å²) in [5.41, 5.74) is 3.08. The zero-order valence-electron chi connectivity index (χ0n) is 14.5. The molecule has 1 aliphatic carbocycles. The number of carbonyl (C=O) groups excluding carboxylic acids is 2. The van der Waals surface area contributed by atoms with Crippen molar-refractivity contribution in [2.75, 3.05) is 10.6 Å². The first-order valence-electron chi connectivity index (χ1n) is 8.91. The summed E-state index contributed by atoms with van der Waals surface area (Å²) in [6, 6.07) is 14.7. The van der Waals surface area contributed by atoms with Gasteiger partial charge in [0.15, 0.2) is 0 Å². The van der Waals surface area contributed by atoms with Gasteiger partial charge in [0.1, 0.15) is 0 Å². The van der Waals surface area contributed by atoms with E-state index in [2.05, 4.69) is 10.6 Å². The molecule has 0 aromatic heterocycles. The molecule has 130 valence electrons. The number of nitrogens with one attached hydrogen (secondary N) is 2. The molecule has 0 heterocycles. The second-order valence-corrected chi connectivity index (χ2v) is 6.67. The smallest absolute Gasteiger partial charge is 0.255 e. The quantitative estimate of drug-likeness (QED) is 0.845. The maximum Gasteiger partial charge on any atom is 0.255 e. The zero-order chi connectivity index (χ0) is 17.6. The lowest BCUT2D eigenvalue weighted by Gasteiger charge is -2.21. The second-order valence-electron chi connectivity index (χ2n) is 6.67. The molecule has 0 saturated heterocycles. The van der Waals surface area contributed by atoms with Crippen LogP contribution in [0.1, 0.15) is 48.0 Å². The highest BCUT2D eigenvalue weighted by molar-refractivity contribution is 6.04. The van der Waals surface area contributed by atoms with E-state index in [1.165, 1.54) is 6.42 Å². The zero-order valence-corrected chi connectivity index (χ0v) is 14.5. The van der Waals surface area contributed by atoms with E-state index in [0.29, 0.717) is 5.56 Å². The van der Waals surface area contributed by atoms with Crippen LogP contribution in [0.25, 0.3) is 0 Å². The molecule has 4 heteroatoms. The molecule has 25 heavy (non-hydrogen) atoms. The molecule has 2 aromatic rings. The molecule has 4 nitrogen and oxygen atoms in total. The van der Waals surface area contributed by atoms with Gasteiger partial charge < -0.3 is 10.6 Å². The van der Waals surface area contributed by atoms with E-state index in [0.717, 1.165) is 42.6 Å². The lowest BCUT2D eigenvalue weighted by atomic mass is 9.88.